The van der Waals surface area contributed by atoms with Gasteiger partial charge in [0, 0.05) is 17.6 Å². The van der Waals surface area contributed by atoms with Gasteiger partial charge in [-0.05, 0) is 43.2 Å². The number of nitriles is 1. The van der Waals surface area contributed by atoms with Crippen molar-refractivity contribution in [1.82, 2.24) is 5.32 Å². The molecule has 2 amide bonds. The van der Waals surface area contributed by atoms with E-state index in [1.54, 1.807) is 36.4 Å². The molecule has 0 saturated carbocycles. The first-order valence-corrected chi connectivity index (χ1v) is 7.57. The van der Waals surface area contributed by atoms with E-state index in [1.807, 2.05) is 26.0 Å². The Labute approximate surface area is 146 Å². The smallest absolute Gasteiger partial charge is 0.267 e. The molecule has 2 rings (SSSR count). The molecule has 2 aromatic carbocycles. The number of nitrogens with one attached hydrogen (secondary N) is 2. The van der Waals surface area contributed by atoms with Crippen LogP contribution in [0.1, 0.15) is 21.5 Å². The van der Waals surface area contributed by atoms with Crippen LogP contribution in [0.25, 0.3) is 0 Å². The summed E-state index contributed by atoms with van der Waals surface area (Å²) in [6.07, 6.45) is 1.08. The number of benzene rings is 2. The summed E-state index contributed by atoms with van der Waals surface area (Å²) < 4.78 is 0. The Balaban J connectivity index is 2.13. The molecule has 25 heavy (non-hydrogen) atoms. The number of rotatable bonds is 4. The third-order valence-corrected chi connectivity index (χ3v) is 3.77. The second-order valence-corrected chi connectivity index (χ2v) is 5.43. The van der Waals surface area contributed by atoms with Gasteiger partial charge < -0.3 is 16.4 Å². The minimum atomic E-state index is -0.600. The standard InChI is InChI=1S/C19H18N4O2/c1-12-6-5-9-17(13(12)2)23-18(24)14(10-20)11-22-19(25)15-7-3-4-8-16(15)21/h3-9,11H,21H2,1-2H3,(H,22,25)(H,23,24)/b14-11-. The highest BCUT2D eigenvalue weighted by Gasteiger charge is 2.13. The normalized spacial score (nSPS) is 10.7. The van der Waals surface area contributed by atoms with Gasteiger partial charge in [0.05, 0.1) is 5.56 Å². The molecule has 4 N–H and O–H groups in total. The Morgan fingerprint density at radius 2 is 1.84 bits per heavy atom. The van der Waals surface area contributed by atoms with Gasteiger partial charge in [0.2, 0.25) is 0 Å². The first kappa shape index (κ1) is 17.8. The Morgan fingerprint density at radius 1 is 1.12 bits per heavy atom. The average molecular weight is 334 g/mol. The fourth-order valence-corrected chi connectivity index (χ4v) is 2.14. The molecule has 0 radical (unpaired) electrons. The molecule has 0 fully saturated rings. The van der Waals surface area contributed by atoms with Crippen LogP contribution in [0, 0.1) is 25.2 Å². The molecule has 0 spiro atoms. The number of para-hydroxylation sites is 1. The predicted molar refractivity (Wildman–Crippen MR) is 96.6 cm³/mol. The highest BCUT2D eigenvalue weighted by atomic mass is 16.2. The number of hydrogen-bond acceptors (Lipinski definition) is 4. The highest BCUT2D eigenvalue weighted by molar-refractivity contribution is 6.07. The highest BCUT2D eigenvalue weighted by Crippen LogP contribution is 2.18. The van der Waals surface area contributed by atoms with Crippen molar-refractivity contribution in [2.45, 2.75) is 13.8 Å². The molecule has 0 aliphatic rings. The summed E-state index contributed by atoms with van der Waals surface area (Å²) >= 11 is 0. The van der Waals surface area contributed by atoms with Gasteiger partial charge in [0.15, 0.2) is 0 Å². The molecule has 0 aliphatic carbocycles. The summed E-state index contributed by atoms with van der Waals surface area (Å²) in [6.45, 7) is 3.80. The van der Waals surface area contributed by atoms with Crippen LogP contribution in [-0.4, -0.2) is 11.8 Å². The zero-order valence-corrected chi connectivity index (χ0v) is 14.0. The van der Waals surface area contributed by atoms with Gasteiger partial charge in [-0.3, -0.25) is 9.59 Å². The molecule has 0 aliphatic heterocycles. The molecule has 0 atom stereocenters. The van der Waals surface area contributed by atoms with Crippen LogP contribution in [0.4, 0.5) is 11.4 Å². The first-order chi connectivity index (χ1) is 11.9. The van der Waals surface area contributed by atoms with Gasteiger partial charge in [-0.25, -0.2) is 0 Å². The summed E-state index contributed by atoms with van der Waals surface area (Å²) in [5, 5.41) is 14.3. The Kier molecular flexibility index (Phi) is 5.54. The number of nitrogen functional groups attached to an aromatic ring is 1. The number of aryl methyl sites for hydroxylation is 1. The summed E-state index contributed by atoms with van der Waals surface area (Å²) in [5.41, 5.74) is 8.64. The lowest BCUT2D eigenvalue weighted by Gasteiger charge is -2.10. The first-order valence-electron chi connectivity index (χ1n) is 7.57. The topological polar surface area (TPSA) is 108 Å². The summed E-state index contributed by atoms with van der Waals surface area (Å²) in [7, 11) is 0. The van der Waals surface area contributed by atoms with Gasteiger partial charge >= 0.3 is 0 Å². The quantitative estimate of drug-likeness (QED) is 0.454. The Morgan fingerprint density at radius 3 is 2.52 bits per heavy atom. The molecule has 0 saturated heterocycles. The summed E-state index contributed by atoms with van der Waals surface area (Å²) in [4.78, 5) is 24.3. The fourth-order valence-electron chi connectivity index (χ4n) is 2.14. The van der Waals surface area contributed by atoms with E-state index in [-0.39, 0.29) is 11.1 Å². The number of nitrogens with two attached hydrogens (primary N) is 1. The van der Waals surface area contributed by atoms with Crippen LogP contribution in [0.3, 0.4) is 0 Å². The van der Waals surface area contributed by atoms with Gasteiger partial charge in [0.25, 0.3) is 11.8 Å². The van der Waals surface area contributed by atoms with Crippen molar-refractivity contribution in [1.29, 1.82) is 5.26 Å². The van der Waals surface area contributed by atoms with Crippen LogP contribution in [0.5, 0.6) is 0 Å². The fraction of sp³-hybridized carbons (Fsp3) is 0.105. The Bertz CT molecular complexity index is 895. The molecule has 126 valence electrons. The van der Waals surface area contributed by atoms with Crippen LogP contribution < -0.4 is 16.4 Å². The van der Waals surface area contributed by atoms with E-state index in [1.165, 1.54) is 0 Å². The molecule has 2 aromatic rings. The molecule has 0 unspecified atom stereocenters. The van der Waals surface area contributed by atoms with Crippen LogP contribution in [0.15, 0.2) is 54.2 Å². The number of carbonyl (C=O) groups is 2. The third kappa shape index (κ3) is 4.24. The lowest BCUT2D eigenvalue weighted by atomic mass is 10.1. The van der Waals surface area contributed by atoms with E-state index in [2.05, 4.69) is 10.6 Å². The molecule has 6 heteroatoms. The molecule has 0 bridgehead atoms. The van der Waals surface area contributed by atoms with E-state index >= 15 is 0 Å². The van der Waals surface area contributed by atoms with Crippen LogP contribution in [-0.2, 0) is 4.79 Å². The van der Waals surface area contributed by atoms with Crippen molar-refractivity contribution in [2.75, 3.05) is 11.1 Å². The van der Waals surface area contributed by atoms with Gasteiger partial charge in [-0.2, -0.15) is 5.26 Å². The van der Waals surface area contributed by atoms with Crippen molar-refractivity contribution in [3.05, 3.63) is 70.9 Å². The van der Waals surface area contributed by atoms with E-state index < -0.39 is 11.8 Å². The zero-order chi connectivity index (χ0) is 18.4. The maximum Gasteiger partial charge on any atom is 0.267 e. The molecule has 0 aromatic heterocycles. The summed E-state index contributed by atoms with van der Waals surface area (Å²) in [5.74, 6) is -1.09. The minimum Gasteiger partial charge on any atom is -0.398 e. The van der Waals surface area contributed by atoms with Gasteiger partial charge in [0.1, 0.15) is 11.6 Å². The van der Waals surface area contributed by atoms with E-state index in [0.717, 1.165) is 17.3 Å². The number of hydrogen-bond donors (Lipinski definition) is 3. The van der Waals surface area contributed by atoms with Gasteiger partial charge in [-0.15, -0.1) is 0 Å². The van der Waals surface area contributed by atoms with E-state index in [0.29, 0.717) is 11.4 Å². The number of nitrogens with zero attached hydrogens (tertiary/aromatic N) is 1. The zero-order valence-electron chi connectivity index (χ0n) is 14.0. The molecular weight excluding hydrogens is 316 g/mol. The maximum absolute atomic E-state index is 12.2. The van der Waals surface area contributed by atoms with Crippen molar-refractivity contribution in [3.63, 3.8) is 0 Å². The maximum atomic E-state index is 12.2. The van der Waals surface area contributed by atoms with Crippen molar-refractivity contribution in [2.24, 2.45) is 0 Å². The molecular formula is C19H18N4O2. The van der Waals surface area contributed by atoms with Crippen molar-refractivity contribution in [3.8, 4) is 6.07 Å². The molecule has 6 nitrogen and oxygen atoms in total. The van der Waals surface area contributed by atoms with Crippen molar-refractivity contribution >= 4 is 23.2 Å². The second-order valence-electron chi connectivity index (χ2n) is 5.43. The van der Waals surface area contributed by atoms with Crippen LogP contribution >= 0.6 is 0 Å². The van der Waals surface area contributed by atoms with Gasteiger partial charge in [-0.1, -0.05) is 24.3 Å². The average Bonchev–Trinajstić information content (AvgIpc) is 2.59. The van der Waals surface area contributed by atoms with Crippen molar-refractivity contribution < 1.29 is 9.59 Å². The third-order valence-electron chi connectivity index (χ3n) is 3.77. The van der Waals surface area contributed by atoms with E-state index in [9.17, 15) is 14.9 Å². The second kappa shape index (κ2) is 7.79. The SMILES string of the molecule is Cc1cccc(NC(=O)/C(C#N)=C\NC(=O)c2ccccc2N)c1C. The lowest BCUT2D eigenvalue weighted by Crippen LogP contribution is -2.22. The van der Waals surface area contributed by atoms with Crippen LogP contribution in [0.2, 0.25) is 0 Å². The number of carbonyl (C=O) groups excluding carboxylic acids is 2. The Hall–Kier alpha value is -3.59. The monoisotopic (exact) mass is 334 g/mol. The largest absolute Gasteiger partial charge is 0.398 e. The predicted octanol–water partition coefficient (Wildman–Crippen LogP) is 2.66. The number of anilines is 2. The minimum absolute atomic E-state index is 0.219. The van der Waals surface area contributed by atoms with E-state index in [4.69, 9.17) is 5.73 Å². The number of amides is 2. The molecule has 0 heterocycles. The summed E-state index contributed by atoms with van der Waals surface area (Å²) in [6, 6.07) is 13.8. The lowest BCUT2D eigenvalue weighted by molar-refractivity contribution is -0.112.